The Morgan fingerprint density at radius 1 is 0.857 bits per heavy atom. The molecule has 0 heterocycles. The third-order valence-corrected chi connectivity index (χ3v) is 4.26. The Morgan fingerprint density at radius 2 is 1.46 bits per heavy atom. The highest BCUT2D eigenvalue weighted by Crippen LogP contribution is 2.18. The summed E-state index contributed by atoms with van der Waals surface area (Å²) in [5, 5.41) is 2.80. The normalized spacial score (nSPS) is 10.6. The highest BCUT2D eigenvalue weighted by molar-refractivity contribution is 6.07. The molecule has 3 rings (SSSR count). The van der Waals surface area contributed by atoms with E-state index in [0.717, 1.165) is 11.3 Å². The van der Waals surface area contributed by atoms with Crippen molar-refractivity contribution in [3.05, 3.63) is 102 Å². The summed E-state index contributed by atoms with van der Waals surface area (Å²) in [6.07, 6.45) is 3.24. The van der Waals surface area contributed by atoms with Gasteiger partial charge in [0.2, 0.25) is 5.91 Å². The molecule has 0 unspecified atom stereocenters. The second-order valence-corrected chi connectivity index (χ2v) is 6.20. The molecule has 0 aliphatic heterocycles. The summed E-state index contributed by atoms with van der Waals surface area (Å²) in [5.74, 6) is -0.294. The van der Waals surface area contributed by atoms with E-state index >= 15 is 0 Å². The van der Waals surface area contributed by atoms with Gasteiger partial charge in [-0.05, 0) is 55.0 Å². The number of benzene rings is 3. The Balaban J connectivity index is 1.65. The molecule has 0 bridgehead atoms. The van der Waals surface area contributed by atoms with Gasteiger partial charge in [0.15, 0.2) is 0 Å². The summed E-state index contributed by atoms with van der Waals surface area (Å²) in [5.41, 5.74) is 3.03. The fourth-order valence-corrected chi connectivity index (χ4v) is 2.82. The van der Waals surface area contributed by atoms with Gasteiger partial charge in [-0.2, -0.15) is 0 Å². The van der Waals surface area contributed by atoms with E-state index < -0.39 is 0 Å². The monoisotopic (exact) mass is 370 g/mol. The molecule has 28 heavy (non-hydrogen) atoms. The van der Waals surface area contributed by atoms with Crippen LogP contribution in [0.5, 0.6) is 0 Å². The van der Waals surface area contributed by atoms with E-state index in [-0.39, 0.29) is 11.8 Å². The lowest BCUT2D eigenvalue weighted by Crippen LogP contribution is -2.30. The number of anilines is 2. The van der Waals surface area contributed by atoms with Crippen LogP contribution in [0.2, 0.25) is 0 Å². The molecule has 1 N–H and O–H groups in total. The summed E-state index contributed by atoms with van der Waals surface area (Å²) in [6, 6.07) is 26.1. The molecule has 2 amide bonds. The Hall–Kier alpha value is -3.66. The van der Waals surface area contributed by atoms with Crippen LogP contribution in [0.25, 0.3) is 6.08 Å². The minimum atomic E-state index is -0.220. The van der Waals surface area contributed by atoms with Crippen LogP contribution in [0.15, 0.2) is 91.0 Å². The first-order valence-corrected chi connectivity index (χ1v) is 9.18. The zero-order chi connectivity index (χ0) is 19.8. The largest absolute Gasteiger partial charge is 0.323 e. The Morgan fingerprint density at radius 3 is 2.07 bits per heavy atom. The first kappa shape index (κ1) is 19.1. The number of carbonyl (C=O) groups is 2. The van der Waals surface area contributed by atoms with Gasteiger partial charge < -0.3 is 10.2 Å². The van der Waals surface area contributed by atoms with E-state index in [0.29, 0.717) is 17.8 Å². The van der Waals surface area contributed by atoms with Crippen molar-refractivity contribution < 1.29 is 9.59 Å². The van der Waals surface area contributed by atoms with E-state index in [4.69, 9.17) is 0 Å². The molecule has 0 saturated carbocycles. The van der Waals surface area contributed by atoms with Gasteiger partial charge in [0.05, 0.1) is 0 Å². The van der Waals surface area contributed by atoms with Crippen molar-refractivity contribution in [1.29, 1.82) is 0 Å². The van der Waals surface area contributed by atoms with Gasteiger partial charge in [0.1, 0.15) is 0 Å². The molecule has 0 radical (unpaired) electrons. The zero-order valence-corrected chi connectivity index (χ0v) is 15.7. The summed E-state index contributed by atoms with van der Waals surface area (Å²) < 4.78 is 0. The van der Waals surface area contributed by atoms with Crippen LogP contribution in [0.3, 0.4) is 0 Å². The summed E-state index contributed by atoms with van der Waals surface area (Å²) in [7, 11) is 0. The molecule has 0 fully saturated rings. The predicted molar refractivity (Wildman–Crippen MR) is 114 cm³/mol. The number of para-hydroxylation sites is 1. The third kappa shape index (κ3) is 4.95. The highest BCUT2D eigenvalue weighted by Gasteiger charge is 2.15. The lowest BCUT2D eigenvalue weighted by atomic mass is 10.1. The molecule has 3 aromatic carbocycles. The number of hydrogen-bond acceptors (Lipinski definition) is 2. The number of nitrogens with zero attached hydrogens (tertiary/aromatic N) is 1. The van der Waals surface area contributed by atoms with Gasteiger partial charge in [-0.25, -0.2) is 0 Å². The van der Waals surface area contributed by atoms with Crippen LogP contribution >= 0.6 is 0 Å². The number of nitrogens with one attached hydrogen (secondary N) is 1. The van der Waals surface area contributed by atoms with Gasteiger partial charge in [-0.15, -0.1) is 0 Å². The maximum Gasteiger partial charge on any atom is 0.258 e. The van der Waals surface area contributed by atoms with Crippen molar-refractivity contribution in [1.82, 2.24) is 0 Å². The molecule has 0 aromatic heterocycles. The Kier molecular flexibility index (Phi) is 6.37. The van der Waals surface area contributed by atoms with E-state index in [1.165, 1.54) is 6.08 Å². The molecular weight excluding hydrogens is 348 g/mol. The lowest BCUT2D eigenvalue weighted by molar-refractivity contribution is -0.111. The Labute approximate surface area is 165 Å². The first-order chi connectivity index (χ1) is 13.7. The molecule has 0 aliphatic rings. The quantitative estimate of drug-likeness (QED) is 0.621. The minimum Gasteiger partial charge on any atom is -0.323 e. The summed E-state index contributed by atoms with van der Waals surface area (Å²) in [4.78, 5) is 26.6. The molecule has 0 saturated heterocycles. The van der Waals surface area contributed by atoms with Crippen molar-refractivity contribution >= 4 is 29.3 Å². The van der Waals surface area contributed by atoms with Crippen LogP contribution in [0, 0.1) is 0 Å². The number of rotatable bonds is 6. The van der Waals surface area contributed by atoms with Crippen LogP contribution in [-0.4, -0.2) is 18.4 Å². The smallest absolute Gasteiger partial charge is 0.258 e. The average molecular weight is 370 g/mol. The first-order valence-electron chi connectivity index (χ1n) is 9.18. The molecule has 4 nitrogen and oxygen atoms in total. The highest BCUT2D eigenvalue weighted by atomic mass is 16.2. The molecule has 0 atom stereocenters. The SMILES string of the molecule is CCN(C(=O)c1ccc(NC(=O)/C=C/c2ccccc2)cc1)c1ccccc1. The second kappa shape index (κ2) is 9.33. The fourth-order valence-electron chi connectivity index (χ4n) is 2.82. The lowest BCUT2D eigenvalue weighted by Gasteiger charge is -2.21. The average Bonchev–Trinajstić information content (AvgIpc) is 2.75. The van der Waals surface area contributed by atoms with E-state index in [2.05, 4.69) is 5.32 Å². The van der Waals surface area contributed by atoms with Gasteiger partial charge in [-0.3, -0.25) is 9.59 Å². The Bertz CT molecular complexity index is 949. The predicted octanol–water partition coefficient (Wildman–Crippen LogP) is 5.01. The second-order valence-electron chi connectivity index (χ2n) is 6.20. The van der Waals surface area contributed by atoms with E-state index in [1.807, 2.05) is 67.6 Å². The number of carbonyl (C=O) groups excluding carboxylic acids is 2. The van der Waals surface area contributed by atoms with Gasteiger partial charge in [-0.1, -0.05) is 48.5 Å². The minimum absolute atomic E-state index is 0.0736. The molecule has 0 spiro atoms. The molecule has 0 aliphatic carbocycles. The molecule has 140 valence electrons. The standard InChI is InChI=1S/C24H22N2O2/c1-2-26(22-11-7-4-8-12-22)24(28)20-14-16-21(17-15-20)25-23(27)18-13-19-9-5-3-6-10-19/h3-18H,2H2,1H3,(H,25,27)/b18-13+. The van der Waals surface area contributed by atoms with Crippen LogP contribution in [-0.2, 0) is 4.79 Å². The van der Waals surface area contributed by atoms with E-state index in [9.17, 15) is 9.59 Å². The van der Waals surface area contributed by atoms with Crippen molar-refractivity contribution in [3.8, 4) is 0 Å². The van der Waals surface area contributed by atoms with Crippen LogP contribution in [0.1, 0.15) is 22.8 Å². The van der Waals surface area contributed by atoms with Crippen LogP contribution in [0.4, 0.5) is 11.4 Å². The third-order valence-electron chi connectivity index (χ3n) is 4.26. The molecule has 4 heteroatoms. The van der Waals surface area contributed by atoms with Crippen LogP contribution < -0.4 is 10.2 Å². The van der Waals surface area contributed by atoms with Crippen molar-refractivity contribution in [3.63, 3.8) is 0 Å². The van der Waals surface area contributed by atoms with Crippen molar-refractivity contribution in [2.45, 2.75) is 6.92 Å². The fraction of sp³-hybridized carbons (Fsp3) is 0.0833. The number of amides is 2. The topological polar surface area (TPSA) is 49.4 Å². The summed E-state index contributed by atoms with van der Waals surface area (Å²) >= 11 is 0. The molecule has 3 aromatic rings. The van der Waals surface area contributed by atoms with E-state index in [1.54, 1.807) is 35.2 Å². The van der Waals surface area contributed by atoms with Crippen molar-refractivity contribution in [2.75, 3.05) is 16.8 Å². The molecular formula is C24H22N2O2. The van der Waals surface area contributed by atoms with Crippen molar-refractivity contribution in [2.24, 2.45) is 0 Å². The number of hydrogen-bond donors (Lipinski definition) is 1. The maximum absolute atomic E-state index is 12.8. The summed E-state index contributed by atoms with van der Waals surface area (Å²) in [6.45, 7) is 2.52. The zero-order valence-electron chi connectivity index (χ0n) is 15.7. The van der Waals surface area contributed by atoms with Gasteiger partial charge in [0.25, 0.3) is 5.91 Å². The maximum atomic E-state index is 12.8. The van der Waals surface area contributed by atoms with Gasteiger partial charge in [0, 0.05) is 29.6 Å². The van der Waals surface area contributed by atoms with Gasteiger partial charge >= 0.3 is 0 Å².